The van der Waals surface area contributed by atoms with E-state index in [1.807, 2.05) is 13.8 Å². The molecule has 4 rings (SSSR count). The number of hydrogen-bond acceptors (Lipinski definition) is 8. The number of aromatic amines is 1. The molecule has 0 aliphatic carbocycles. The van der Waals surface area contributed by atoms with Gasteiger partial charge in [0, 0.05) is 13.2 Å². The first-order chi connectivity index (χ1) is 16.3. The molecule has 0 amide bonds. The number of thioether (sulfide) groups is 1. The fourth-order valence-corrected chi connectivity index (χ4v) is 4.90. The second-order valence-electron chi connectivity index (χ2n) is 8.70. The zero-order valence-corrected chi connectivity index (χ0v) is 19.9. The number of nitrogens with two attached hydrogens (primary N) is 1. The van der Waals surface area contributed by atoms with Crippen LogP contribution in [-0.4, -0.2) is 43.3 Å². The van der Waals surface area contributed by atoms with Gasteiger partial charge in [-0.25, -0.2) is 9.78 Å². The van der Waals surface area contributed by atoms with Gasteiger partial charge >= 0.3 is 5.69 Å². The maximum atomic E-state index is 13.2. The number of ketones is 1. The van der Waals surface area contributed by atoms with Crippen LogP contribution in [0.3, 0.4) is 0 Å². The summed E-state index contributed by atoms with van der Waals surface area (Å²) in [5.74, 6) is -0.801. The van der Waals surface area contributed by atoms with Crippen molar-refractivity contribution < 1.29 is 9.53 Å². The molecule has 1 aliphatic rings. The molecular formula is C23H27N5O5S. The third-order valence-electron chi connectivity index (χ3n) is 5.64. The first kappa shape index (κ1) is 24.0. The number of rotatable bonds is 8. The second-order valence-corrected chi connectivity index (χ2v) is 9.64. The van der Waals surface area contributed by atoms with Crippen molar-refractivity contribution in [3.05, 3.63) is 61.0 Å². The Morgan fingerprint density at radius 3 is 2.74 bits per heavy atom. The van der Waals surface area contributed by atoms with Crippen LogP contribution in [0.2, 0.25) is 0 Å². The lowest BCUT2D eigenvalue weighted by Crippen LogP contribution is -2.37. The summed E-state index contributed by atoms with van der Waals surface area (Å²) < 4.78 is 8.43. The Bertz CT molecular complexity index is 1400. The number of H-pyrrole nitrogens is 1. The summed E-state index contributed by atoms with van der Waals surface area (Å²) in [6.07, 6.45) is 1.66. The SMILES string of the molecule is CC(C)Cn1c(N)c(C(=O)CSc2nc3ccccc3c(=O)n2CC2CCCO2)c(=O)[nH]c1=O. The summed E-state index contributed by atoms with van der Waals surface area (Å²) in [5, 5.41) is 0.843. The fourth-order valence-electron chi connectivity index (χ4n) is 4.02. The van der Waals surface area contributed by atoms with Crippen molar-refractivity contribution >= 4 is 34.3 Å². The van der Waals surface area contributed by atoms with Gasteiger partial charge in [0.1, 0.15) is 11.4 Å². The number of carbonyl (C=O) groups is 1. The standard InChI is InChI=1S/C23H27N5O5S/c1-13(2)10-27-19(24)18(20(30)26-22(27)32)17(29)12-34-23-25-16-8-4-3-7-15(16)21(31)28(23)11-14-6-5-9-33-14/h3-4,7-8,13-14H,5-6,9-12,24H2,1-2H3,(H,26,30,32). The predicted octanol–water partition coefficient (Wildman–Crippen LogP) is 1.64. The largest absolute Gasteiger partial charge is 0.384 e. The second kappa shape index (κ2) is 9.98. The monoisotopic (exact) mass is 485 g/mol. The van der Waals surface area contributed by atoms with Gasteiger partial charge in [-0.05, 0) is 30.9 Å². The van der Waals surface area contributed by atoms with E-state index in [0.717, 1.165) is 24.6 Å². The maximum Gasteiger partial charge on any atom is 0.329 e. The number of nitrogens with zero attached hydrogens (tertiary/aromatic N) is 3. The number of Topliss-reactive ketones (excluding diaryl/α,β-unsaturated/α-hetero) is 1. The number of hydrogen-bond donors (Lipinski definition) is 2. The minimum Gasteiger partial charge on any atom is -0.384 e. The quantitative estimate of drug-likeness (QED) is 0.279. The summed E-state index contributed by atoms with van der Waals surface area (Å²) >= 11 is 1.05. The Morgan fingerprint density at radius 1 is 1.26 bits per heavy atom. The Hall–Kier alpha value is -3.18. The molecule has 1 atom stereocenters. The Kier molecular flexibility index (Phi) is 7.03. The van der Waals surface area contributed by atoms with E-state index < -0.39 is 17.0 Å². The van der Waals surface area contributed by atoms with Crippen LogP contribution in [0.15, 0.2) is 43.8 Å². The van der Waals surface area contributed by atoms with E-state index in [1.165, 1.54) is 9.13 Å². The first-order valence-electron chi connectivity index (χ1n) is 11.2. The minimum absolute atomic E-state index is 0.0808. The molecule has 0 radical (unpaired) electrons. The number of carbonyl (C=O) groups excluding carboxylic acids is 1. The molecule has 34 heavy (non-hydrogen) atoms. The van der Waals surface area contributed by atoms with Gasteiger partial charge in [-0.1, -0.05) is 37.7 Å². The summed E-state index contributed by atoms with van der Waals surface area (Å²) in [6.45, 7) is 5.03. The molecule has 2 aromatic heterocycles. The number of nitrogen functional groups attached to an aromatic ring is 1. The molecule has 0 bridgehead atoms. The van der Waals surface area contributed by atoms with Crippen LogP contribution in [0.25, 0.3) is 10.9 Å². The predicted molar refractivity (Wildman–Crippen MR) is 131 cm³/mol. The fraction of sp³-hybridized carbons (Fsp3) is 0.435. The smallest absolute Gasteiger partial charge is 0.329 e. The summed E-state index contributed by atoms with van der Waals surface area (Å²) in [4.78, 5) is 57.6. The number of nitrogens with one attached hydrogen (secondary N) is 1. The molecule has 1 unspecified atom stereocenters. The van der Waals surface area contributed by atoms with E-state index in [1.54, 1.807) is 24.3 Å². The highest BCUT2D eigenvalue weighted by molar-refractivity contribution is 7.99. The van der Waals surface area contributed by atoms with Gasteiger partial charge in [0.2, 0.25) is 0 Å². The van der Waals surface area contributed by atoms with Gasteiger partial charge < -0.3 is 10.5 Å². The third-order valence-corrected chi connectivity index (χ3v) is 6.61. The molecule has 1 aromatic carbocycles. The van der Waals surface area contributed by atoms with Crippen LogP contribution in [0.5, 0.6) is 0 Å². The minimum atomic E-state index is -0.823. The van der Waals surface area contributed by atoms with E-state index in [-0.39, 0.29) is 41.3 Å². The Morgan fingerprint density at radius 2 is 2.03 bits per heavy atom. The third kappa shape index (κ3) is 4.85. The summed E-state index contributed by atoms with van der Waals surface area (Å²) in [7, 11) is 0. The summed E-state index contributed by atoms with van der Waals surface area (Å²) in [5.41, 5.74) is 4.64. The van der Waals surface area contributed by atoms with Gasteiger partial charge in [0.05, 0.1) is 29.3 Å². The van der Waals surface area contributed by atoms with Crippen LogP contribution in [0, 0.1) is 5.92 Å². The molecule has 0 saturated carbocycles. The van der Waals surface area contributed by atoms with Crippen molar-refractivity contribution in [1.29, 1.82) is 0 Å². The van der Waals surface area contributed by atoms with Gasteiger partial charge in [-0.2, -0.15) is 0 Å². The van der Waals surface area contributed by atoms with Crippen molar-refractivity contribution in [3.8, 4) is 0 Å². The Labute approximate surface area is 199 Å². The van der Waals surface area contributed by atoms with E-state index in [9.17, 15) is 19.2 Å². The number of para-hydroxylation sites is 1. The zero-order chi connectivity index (χ0) is 24.4. The van der Waals surface area contributed by atoms with Crippen LogP contribution in [0.4, 0.5) is 5.82 Å². The van der Waals surface area contributed by atoms with Crippen molar-refractivity contribution in [2.24, 2.45) is 5.92 Å². The number of anilines is 1. The van der Waals surface area contributed by atoms with Gasteiger partial charge in [-0.15, -0.1) is 0 Å². The summed E-state index contributed by atoms with van der Waals surface area (Å²) in [6, 6.07) is 7.02. The van der Waals surface area contributed by atoms with Crippen LogP contribution in [0.1, 0.15) is 37.0 Å². The van der Waals surface area contributed by atoms with Gasteiger partial charge in [0.15, 0.2) is 10.9 Å². The molecule has 3 N–H and O–H groups in total. The molecule has 0 spiro atoms. The number of benzene rings is 1. The molecule has 1 fully saturated rings. The highest BCUT2D eigenvalue weighted by Crippen LogP contribution is 2.22. The topological polar surface area (TPSA) is 142 Å². The molecular weight excluding hydrogens is 458 g/mol. The lowest BCUT2D eigenvalue weighted by molar-refractivity contribution is 0.0937. The number of fused-ring (bicyclic) bond motifs is 1. The van der Waals surface area contributed by atoms with Crippen LogP contribution in [-0.2, 0) is 17.8 Å². The average Bonchev–Trinajstić information content (AvgIpc) is 3.30. The van der Waals surface area contributed by atoms with Crippen molar-refractivity contribution in [1.82, 2.24) is 19.1 Å². The highest BCUT2D eigenvalue weighted by atomic mass is 32.2. The average molecular weight is 486 g/mol. The zero-order valence-electron chi connectivity index (χ0n) is 19.1. The lowest BCUT2D eigenvalue weighted by atomic mass is 10.2. The molecule has 1 aliphatic heterocycles. The molecule has 11 heteroatoms. The van der Waals surface area contributed by atoms with Crippen molar-refractivity contribution in [2.45, 2.75) is 51.0 Å². The first-order valence-corrected chi connectivity index (χ1v) is 12.1. The molecule has 3 heterocycles. The molecule has 1 saturated heterocycles. The normalized spacial score (nSPS) is 15.9. The Balaban J connectivity index is 1.67. The molecule has 10 nitrogen and oxygen atoms in total. The van der Waals surface area contributed by atoms with E-state index in [2.05, 4.69) is 9.97 Å². The highest BCUT2D eigenvalue weighted by Gasteiger charge is 2.23. The molecule has 3 aromatic rings. The van der Waals surface area contributed by atoms with E-state index >= 15 is 0 Å². The maximum absolute atomic E-state index is 13.2. The van der Waals surface area contributed by atoms with Crippen molar-refractivity contribution in [2.75, 3.05) is 18.1 Å². The molecule has 180 valence electrons. The number of aromatic nitrogens is 4. The van der Waals surface area contributed by atoms with Crippen LogP contribution >= 0.6 is 11.8 Å². The van der Waals surface area contributed by atoms with E-state index in [4.69, 9.17) is 10.5 Å². The number of ether oxygens (including phenoxy) is 1. The lowest BCUT2D eigenvalue weighted by Gasteiger charge is -2.17. The van der Waals surface area contributed by atoms with Gasteiger partial charge in [-0.3, -0.25) is 28.5 Å². The van der Waals surface area contributed by atoms with E-state index in [0.29, 0.717) is 29.2 Å². The van der Waals surface area contributed by atoms with Crippen molar-refractivity contribution in [3.63, 3.8) is 0 Å². The van der Waals surface area contributed by atoms with Crippen LogP contribution < -0.4 is 22.5 Å². The van der Waals surface area contributed by atoms with Gasteiger partial charge in [0.25, 0.3) is 11.1 Å².